The van der Waals surface area contributed by atoms with Crippen molar-refractivity contribution in [3.8, 4) is 0 Å². The molecule has 0 saturated carbocycles. The Hall–Kier alpha value is -0.340. The Kier molecular flexibility index (Phi) is 5.96. The zero-order chi connectivity index (χ0) is 11.1. The molecule has 0 unspecified atom stereocenters. The van der Waals surface area contributed by atoms with Gasteiger partial charge in [-0.2, -0.15) is 11.8 Å². The van der Waals surface area contributed by atoms with Gasteiger partial charge in [0.15, 0.2) is 0 Å². The topological polar surface area (TPSA) is 12.0 Å². The van der Waals surface area contributed by atoms with E-state index in [4.69, 9.17) is 11.6 Å². The highest BCUT2D eigenvalue weighted by Crippen LogP contribution is 2.22. The maximum atomic E-state index is 6.07. The highest BCUT2D eigenvalue weighted by atomic mass is 35.5. The van der Waals surface area contributed by atoms with Crippen molar-refractivity contribution in [2.45, 2.75) is 20.3 Å². The van der Waals surface area contributed by atoms with E-state index in [0.29, 0.717) is 0 Å². The van der Waals surface area contributed by atoms with Crippen LogP contribution < -0.4 is 5.32 Å². The van der Waals surface area contributed by atoms with E-state index in [1.54, 1.807) is 0 Å². The summed E-state index contributed by atoms with van der Waals surface area (Å²) in [5, 5.41) is 4.18. The summed E-state index contributed by atoms with van der Waals surface area (Å²) in [6.45, 7) is 5.26. The number of nitrogens with one attached hydrogen (secondary N) is 1. The lowest BCUT2D eigenvalue weighted by molar-refractivity contribution is 0.991. The Morgan fingerprint density at radius 3 is 2.93 bits per heavy atom. The maximum Gasteiger partial charge on any atom is 0.0637 e. The molecule has 0 radical (unpaired) electrons. The van der Waals surface area contributed by atoms with E-state index in [-0.39, 0.29) is 0 Å². The summed E-state index contributed by atoms with van der Waals surface area (Å²) in [6, 6.07) is 6.07. The van der Waals surface area contributed by atoms with Crippen molar-refractivity contribution in [3.63, 3.8) is 0 Å². The van der Waals surface area contributed by atoms with Gasteiger partial charge in [0.2, 0.25) is 0 Å². The van der Waals surface area contributed by atoms with Gasteiger partial charge in [-0.3, -0.25) is 0 Å². The van der Waals surface area contributed by atoms with Crippen LogP contribution in [0.3, 0.4) is 0 Å². The van der Waals surface area contributed by atoms with Crippen molar-refractivity contribution >= 4 is 29.1 Å². The quantitative estimate of drug-likeness (QED) is 0.752. The molecule has 3 heteroatoms. The van der Waals surface area contributed by atoms with Crippen LogP contribution >= 0.6 is 23.4 Å². The first-order valence-electron chi connectivity index (χ1n) is 5.32. The summed E-state index contributed by atoms with van der Waals surface area (Å²) >= 11 is 8.05. The minimum absolute atomic E-state index is 0.809. The molecule has 0 aliphatic rings. The van der Waals surface area contributed by atoms with Gasteiger partial charge in [-0.15, -0.1) is 0 Å². The summed E-state index contributed by atoms with van der Waals surface area (Å²) < 4.78 is 0. The summed E-state index contributed by atoms with van der Waals surface area (Å²) in [6.07, 6.45) is 1.18. The molecule has 15 heavy (non-hydrogen) atoms. The molecule has 1 rings (SSSR count). The van der Waals surface area contributed by atoms with Crippen LogP contribution in [-0.4, -0.2) is 18.1 Å². The van der Waals surface area contributed by atoms with E-state index in [9.17, 15) is 0 Å². The number of rotatable bonds is 6. The molecule has 0 atom stereocenters. The Bertz CT molecular complexity index is 302. The van der Waals surface area contributed by atoms with Gasteiger partial charge in [0.05, 0.1) is 10.7 Å². The van der Waals surface area contributed by atoms with Crippen molar-refractivity contribution in [1.82, 2.24) is 0 Å². The van der Waals surface area contributed by atoms with E-state index in [1.807, 2.05) is 23.9 Å². The zero-order valence-electron chi connectivity index (χ0n) is 9.35. The summed E-state index contributed by atoms with van der Waals surface area (Å²) in [7, 11) is 0. The molecule has 1 aromatic rings. The lowest BCUT2D eigenvalue weighted by Gasteiger charge is -2.08. The predicted octanol–water partition coefficient (Wildman–Crippen LogP) is 4.20. The van der Waals surface area contributed by atoms with Crippen LogP contribution in [0, 0.1) is 6.92 Å². The van der Waals surface area contributed by atoms with Crippen LogP contribution in [0.4, 0.5) is 5.69 Å². The molecule has 0 heterocycles. The Labute approximate surface area is 102 Å². The fraction of sp³-hybridized carbons (Fsp3) is 0.500. The first-order chi connectivity index (χ1) is 7.24. The SMILES string of the molecule is CCSCCCNc1cc(C)ccc1Cl. The Morgan fingerprint density at radius 2 is 2.20 bits per heavy atom. The lowest BCUT2D eigenvalue weighted by Crippen LogP contribution is -2.03. The molecule has 0 aliphatic heterocycles. The highest BCUT2D eigenvalue weighted by Gasteiger charge is 1.98. The van der Waals surface area contributed by atoms with Crippen molar-refractivity contribution in [1.29, 1.82) is 0 Å². The van der Waals surface area contributed by atoms with E-state index < -0.39 is 0 Å². The van der Waals surface area contributed by atoms with E-state index >= 15 is 0 Å². The molecule has 0 saturated heterocycles. The largest absolute Gasteiger partial charge is 0.384 e. The van der Waals surface area contributed by atoms with Crippen LogP contribution in [-0.2, 0) is 0 Å². The van der Waals surface area contributed by atoms with Gasteiger partial charge in [-0.25, -0.2) is 0 Å². The van der Waals surface area contributed by atoms with Crippen LogP contribution in [0.15, 0.2) is 18.2 Å². The number of anilines is 1. The van der Waals surface area contributed by atoms with Crippen molar-refractivity contribution in [3.05, 3.63) is 28.8 Å². The number of hydrogen-bond donors (Lipinski definition) is 1. The number of halogens is 1. The number of benzene rings is 1. The van der Waals surface area contributed by atoms with Gasteiger partial charge in [0, 0.05) is 6.54 Å². The zero-order valence-corrected chi connectivity index (χ0v) is 10.9. The van der Waals surface area contributed by atoms with E-state index in [0.717, 1.165) is 17.3 Å². The fourth-order valence-corrected chi connectivity index (χ4v) is 2.14. The number of hydrogen-bond acceptors (Lipinski definition) is 2. The minimum atomic E-state index is 0.809. The standard InChI is InChI=1S/C12H18ClNS/c1-3-15-8-4-7-14-12-9-10(2)5-6-11(12)13/h5-6,9,14H,3-4,7-8H2,1-2H3. The summed E-state index contributed by atoms with van der Waals surface area (Å²) in [5.74, 6) is 2.41. The van der Waals surface area contributed by atoms with Crippen molar-refractivity contribution in [2.75, 3.05) is 23.4 Å². The molecule has 0 spiro atoms. The maximum absolute atomic E-state index is 6.07. The van der Waals surface area contributed by atoms with E-state index in [1.165, 1.54) is 23.5 Å². The second kappa shape index (κ2) is 7.02. The highest BCUT2D eigenvalue weighted by molar-refractivity contribution is 7.99. The normalized spacial score (nSPS) is 10.3. The second-order valence-electron chi connectivity index (χ2n) is 3.46. The molecule has 1 N–H and O–H groups in total. The molecular weight excluding hydrogens is 226 g/mol. The van der Waals surface area contributed by atoms with Crippen molar-refractivity contribution < 1.29 is 0 Å². The van der Waals surface area contributed by atoms with Gasteiger partial charge in [0.25, 0.3) is 0 Å². The smallest absolute Gasteiger partial charge is 0.0637 e. The monoisotopic (exact) mass is 243 g/mol. The molecule has 84 valence electrons. The van der Waals surface area contributed by atoms with Gasteiger partial charge < -0.3 is 5.32 Å². The van der Waals surface area contributed by atoms with Crippen LogP contribution in [0.2, 0.25) is 5.02 Å². The second-order valence-corrected chi connectivity index (χ2v) is 5.26. The molecule has 1 nitrogen and oxygen atoms in total. The third-order valence-electron chi connectivity index (χ3n) is 2.11. The third-order valence-corrected chi connectivity index (χ3v) is 3.42. The third kappa shape index (κ3) is 4.80. The van der Waals surface area contributed by atoms with Gasteiger partial charge in [-0.1, -0.05) is 24.6 Å². The average Bonchev–Trinajstić information content (AvgIpc) is 2.23. The Balaban J connectivity index is 2.33. The van der Waals surface area contributed by atoms with Crippen LogP contribution in [0.5, 0.6) is 0 Å². The van der Waals surface area contributed by atoms with Gasteiger partial charge in [-0.05, 0) is 42.5 Å². The molecule has 0 fully saturated rings. The van der Waals surface area contributed by atoms with E-state index in [2.05, 4.69) is 25.2 Å². The van der Waals surface area contributed by atoms with Gasteiger partial charge >= 0.3 is 0 Å². The molecule has 0 aliphatic carbocycles. The average molecular weight is 244 g/mol. The number of thioether (sulfide) groups is 1. The Morgan fingerprint density at radius 1 is 1.40 bits per heavy atom. The molecule has 0 aromatic heterocycles. The lowest BCUT2D eigenvalue weighted by atomic mass is 10.2. The fourth-order valence-electron chi connectivity index (χ4n) is 1.32. The molecule has 1 aromatic carbocycles. The predicted molar refractivity (Wildman–Crippen MR) is 72.3 cm³/mol. The molecular formula is C12H18ClNS. The minimum Gasteiger partial charge on any atom is -0.384 e. The van der Waals surface area contributed by atoms with Crippen LogP contribution in [0.25, 0.3) is 0 Å². The molecule has 0 amide bonds. The summed E-state index contributed by atoms with van der Waals surface area (Å²) in [5.41, 5.74) is 2.29. The van der Waals surface area contributed by atoms with Gasteiger partial charge in [0.1, 0.15) is 0 Å². The first-order valence-corrected chi connectivity index (χ1v) is 6.85. The molecule has 0 bridgehead atoms. The summed E-state index contributed by atoms with van der Waals surface area (Å²) in [4.78, 5) is 0. The number of aryl methyl sites for hydroxylation is 1. The first kappa shape index (κ1) is 12.7. The van der Waals surface area contributed by atoms with Crippen molar-refractivity contribution in [2.24, 2.45) is 0 Å². The van der Waals surface area contributed by atoms with Crippen LogP contribution in [0.1, 0.15) is 18.9 Å².